The molecule has 0 N–H and O–H groups in total. The summed E-state index contributed by atoms with van der Waals surface area (Å²) in [5, 5.41) is 0. The predicted octanol–water partition coefficient (Wildman–Crippen LogP) is -2.41. The number of hydrogen-bond acceptors (Lipinski definition) is 2. The van der Waals surface area contributed by atoms with Crippen LogP contribution in [0.15, 0.2) is 60.7 Å². The van der Waals surface area contributed by atoms with Gasteiger partial charge in [-0.1, -0.05) is 54.1 Å². The number of para-hydroxylation sites is 1. The van der Waals surface area contributed by atoms with Gasteiger partial charge in [-0.25, -0.2) is 4.21 Å². The molecule has 0 saturated carbocycles. The van der Waals surface area contributed by atoms with Gasteiger partial charge in [0.15, 0.2) is 0 Å². The molecule has 0 bridgehead atoms. The van der Waals surface area contributed by atoms with E-state index in [0.29, 0.717) is 5.75 Å². The summed E-state index contributed by atoms with van der Waals surface area (Å²) in [6, 6.07) is 19.3. The van der Waals surface area contributed by atoms with Gasteiger partial charge in [-0.3, -0.25) is 0 Å². The van der Waals surface area contributed by atoms with Crippen molar-refractivity contribution in [3.05, 3.63) is 66.2 Å². The van der Waals surface area contributed by atoms with E-state index < -0.39 is 11.1 Å². The average molecular weight is 296 g/mol. The summed E-state index contributed by atoms with van der Waals surface area (Å²) >= 11 is -1.22. The Labute approximate surface area is 165 Å². The molecule has 2 aromatic carbocycles. The summed E-state index contributed by atoms with van der Waals surface area (Å²) in [6.07, 6.45) is 1.49. The van der Waals surface area contributed by atoms with Crippen LogP contribution in [0.3, 0.4) is 0 Å². The monoisotopic (exact) mass is 296 g/mol. The Morgan fingerprint density at radius 2 is 1.32 bits per heavy atom. The fourth-order valence-electron chi connectivity index (χ4n) is 1.15. The van der Waals surface area contributed by atoms with Crippen LogP contribution in [-0.4, -0.2) is 10.5 Å². The van der Waals surface area contributed by atoms with Crippen LogP contribution in [-0.2, 0) is 11.1 Å². The van der Waals surface area contributed by atoms with Crippen molar-refractivity contribution >= 4 is 11.1 Å². The molecular weight excluding hydrogens is 278 g/mol. The van der Waals surface area contributed by atoms with Crippen LogP contribution in [0.2, 0.25) is 0 Å². The Kier molecular flexibility index (Phi) is 15.3. The second-order valence-corrected chi connectivity index (χ2v) is 4.42. The van der Waals surface area contributed by atoms with Crippen LogP contribution < -0.4 is 63.3 Å². The molecule has 0 fully saturated rings. The maximum absolute atomic E-state index is 10.5. The smallest absolute Gasteiger partial charge is 1.00 e. The van der Waals surface area contributed by atoms with Crippen LogP contribution in [0.25, 0.3) is 0 Å². The van der Waals surface area contributed by atoms with Gasteiger partial charge in [-0.15, -0.1) is 0 Å². The van der Waals surface area contributed by atoms with Gasteiger partial charge in [-0.2, -0.15) is 0 Å². The van der Waals surface area contributed by atoms with Gasteiger partial charge in [0.2, 0.25) is 11.1 Å². The minimum absolute atomic E-state index is 0. The molecule has 0 spiro atoms. The summed E-state index contributed by atoms with van der Waals surface area (Å²) in [4.78, 5) is 0. The molecule has 2 rings (SSSR count). The zero-order valence-corrected chi connectivity index (χ0v) is 16.8. The molecule has 0 saturated heterocycles. The van der Waals surface area contributed by atoms with Crippen LogP contribution in [0.1, 0.15) is 8.42 Å². The molecule has 0 aromatic heterocycles. The average Bonchev–Trinajstić information content (AvgIpc) is 2.31. The molecular formula is C14H18Na2O2S. The van der Waals surface area contributed by atoms with Crippen LogP contribution in [0.4, 0.5) is 0 Å². The Morgan fingerprint density at radius 1 is 0.895 bits per heavy atom. The van der Waals surface area contributed by atoms with E-state index in [1.54, 1.807) is 12.1 Å². The molecule has 0 amide bonds. The van der Waals surface area contributed by atoms with Crippen LogP contribution in [0.5, 0.6) is 5.75 Å². The minimum atomic E-state index is -1.22. The third-order valence-corrected chi connectivity index (χ3v) is 2.32. The molecule has 5 heteroatoms. The fraction of sp³-hybridized carbons (Fsp3) is 0.143. The Balaban J connectivity index is -0.000000120. The largest absolute Gasteiger partial charge is 1.00 e. The normalized spacial score (nSPS) is 9.79. The van der Waals surface area contributed by atoms with Crippen molar-refractivity contribution in [1.29, 1.82) is 0 Å². The van der Waals surface area contributed by atoms with Gasteiger partial charge in [0.25, 0.3) is 0 Å². The summed E-state index contributed by atoms with van der Waals surface area (Å²) in [5.41, 5.74) is 1.32. The van der Waals surface area contributed by atoms with Crippen LogP contribution >= 0.6 is 0 Å². The van der Waals surface area contributed by atoms with Gasteiger partial charge >= 0.3 is 59.1 Å². The molecule has 1 unspecified atom stereocenters. The number of aryl methyl sites for hydroxylation is 1. The van der Waals surface area contributed by atoms with E-state index in [9.17, 15) is 4.21 Å². The molecule has 0 heterocycles. The van der Waals surface area contributed by atoms with Crippen molar-refractivity contribution in [2.75, 3.05) is 6.26 Å². The Hall–Kier alpha value is 0.390. The number of benzene rings is 2. The first kappa shape index (κ1) is 21.7. The quantitative estimate of drug-likeness (QED) is 0.577. The van der Waals surface area contributed by atoms with E-state index in [1.165, 1.54) is 11.8 Å². The molecule has 2 nitrogen and oxygen atoms in total. The van der Waals surface area contributed by atoms with E-state index in [2.05, 4.69) is 19.1 Å². The molecule has 2 aromatic rings. The van der Waals surface area contributed by atoms with E-state index in [0.717, 1.165) is 0 Å². The summed E-state index contributed by atoms with van der Waals surface area (Å²) in [5.74, 6) is 0.642. The second-order valence-electron chi connectivity index (χ2n) is 3.45. The van der Waals surface area contributed by atoms with E-state index in [1.807, 2.05) is 36.4 Å². The maximum atomic E-state index is 10.5. The third kappa shape index (κ3) is 11.9. The first-order valence-corrected chi connectivity index (χ1v) is 6.75. The summed E-state index contributed by atoms with van der Waals surface area (Å²) in [6.45, 7) is 2.08. The number of hydrogen-bond donors (Lipinski definition) is 0. The van der Waals surface area contributed by atoms with Crippen molar-refractivity contribution < 1.29 is 70.4 Å². The molecule has 94 valence electrons. The molecule has 19 heavy (non-hydrogen) atoms. The van der Waals surface area contributed by atoms with Crippen molar-refractivity contribution in [3.8, 4) is 5.75 Å². The van der Waals surface area contributed by atoms with E-state index in [4.69, 9.17) is 4.18 Å². The van der Waals surface area contributed by atoms with E-state index in [-0.39, 0.29) is 62.0 Å². The third-order valence-electron chi connectivity index (χ3n) is 1.90. The maximum Gasteiger partial charge on any atom is 1.00 e. The summed E-state index contributed by atoms with van der Waals surface area (Å²) in [7, 11) is 0. The van der Waals surface area contributed by atoms with Crippen molar-refractivity contribution in [2.45, 2.75) is 6.92 Å². The Bertz CT molecular complexity index is 459. The van der Waals surface area contributed by atoms with Crippen molar-refractivity contribution in [3.63, 3.8) is 0 Å². The topological polar surface area (TPSA) is 26.3 Å². The van der Waals surface area contributed by atoms with Gasteiger partial charge in [0, 0.05) is 6.26 Å². The second kappa shape index (κ2) is 13.4. The fourth-order valence-corrected chi connectivity index (χ4v) is 1.53. The van der Waals surface area contributed by atoms with Gasteiger partial charge in [0.05, 0.1) is 0 Å². The molecule has 0 aliphatic rings. The molecule has 0 radical (unpaired) electrons. The zero-order valence-electron chi connectivity index (χ0n) is 14.0. The van der Waals surface area contributed by atoms with Crippen molar-refractivity contribution in [2.24, 2.45) is 0 Å². The van der Waals surface area contributed by atoms with Gasteiger partial charge in [0.1, 0.15) is 5.75 Å². The predicted molar refractivity (Wildman–Crippen MR) is 74.5 cm³/mol. The Morgan fingerprint density at radius 3 is 1.63 bits per heavy atom. The van der Waals surface area contributed by atoms with Gasteiger partial charge < -0.3 is 7.04 Å². The SMILES string of the molecule is CS(=O)Oc1ccccc1.Cc1ccccc1.[H-].[H-].[Na+].[Na+]. The first-order chi connectivity index (χ1) is 8.18. The molecule has 0 aliphatic heterocycles. The van der Waals surface area contributed by atoms with E-state index >= 15 is 0 Å². The summed E-state index contributed by atoms with van der Waals surface area (Å²) < 4.78 is 15.4. The van der Waals surface area contributed by atoms with Crippen LogP contribution in [0, 0.1) is 6.92 Å². The zero-order chi connectivity index (χ0) is 12.5. The minimum Gasteiger partial charge on any atom is -1.00 e. The molecule has 0 aliphatic carbocycles. The first-order valence-electron chi connectivity index (χ1n) is 5.27. The van der Waals surface area contributed by atoms with Crippen molar-refractivity contribution in [1.82, 2.24) is 0 Å². The van der Waals surface area contributed by atoms with Gasteiger partial charge in [-0.05, 0) is 19.1 Å². The number of rotatable bonds is 2. The molecule has 1 atom stereocenters. The standard InChI is InChI=1S/C7H8O2S.C7H8.2Na.2H/c1-10(8)9-7-5-3-2-4-6-7;1-7-5-3-2-4-6-7;;;;/h2-6H,1H3;2-6H,1H3;;;;/q;;2*+1;2*-1.